The summed E-state index contributed by atoms with van der Waals surface area (Å²) in [5.41, 5.74) is 2.13. The lowest BCUT2D eigenvalue weighted by atomic mass is 10.2. The molecule has 5 rings (SSSR count). The van der Waals surface area contributed by atoms with Crippen LogP contribution in [0.25, 0.3) is 33.6 Å². The van der Waals surface area contributed by atoms with Crippen molar-refractivity contribution in [2.45, 2.75) is 0 Å². The highest BCUT2D eigenvalue weighted by Crippen LogP contribution is 2.36. The number of anilines is 1. The third kappa shape index (κ3) is 2.57. The minimum Gasteiger partial charge on any atom is -0.452 e. The number of aryl methyl sites for hydroxylation is 1. The molecule has 1 N–H and O–H groups in total. The Hall–Kier alpha value is -3.53. The highest BCUT2D eigenvalue weighted by atomic mass is 16.6. The third-order valence-electron chi connectivity index (χ3n) is 4.93. The first-order valence-corrected chi connectivity index (χ1v) is 8.94. The van der Waals surface area contributed by atoms with Crippen LogP contribution in [-0.4, -0.2) is 50.6 Å². The van der Waals surface area contributed by atoms with Crippen LogP contribution in [0, 0.1) is 10.1 Å². The minimum atomic E-state index is -0.420. The first-order valence-electron chi connectivity index (χ1n) is 8.94. The van der Waals surface area contributed by atoms with Crippen molar-refractivity contribution in [3.63, 3.8) is 0 Å². The van der Waals surface area contributed by atoms with Crippen molar-refractivity contribution < 1.29 is 9.34 Å². The molecule has 0 atom stereocenters. The highest BCUT2D eigenvalue weighted by molar-refractivity contribution is 6.07. The number of rotatable bonds is 3. The minimum absolute atomic E-state index is 0.00363. The zero-order chi connectivity index (χ0) is 19.3. The molecule has 0 aliphatic carbocycles. The predicted octanol–water partition coefficient (Wildman–Crippen LogP) is 2.09. The van der Waals surface area contributed by atoms with Gasteiger partial charge in [-0.15, -0.1) is 0 Å². The molecule has 0 radical (unpaired) electrons. The van der Waals surface area contributed by atoms with Crippen molar-refractivity contribution in [3.8, 4) is 11.5 Å². The Balaban J connectivity index is 1.81. The quantitative estimate of drug-likeness (QED) is 0.425. The van der Waals surface area contributed by atoms with Gasteiger partial charge in [0.1, 0.15) is 11.1 Å². The molecule has 28 heavy (non-hydrogen) atoms. The van der Waals surface area contributed by atoms with Crippen LogP contribution in [0.4, 0.5) is 11.6 Å². The monoisotopic (exact) mass is 379 g/mol. The molecule has 1 aliphatic rings. The number of piperazine rings is 1. The maximum atomic E-state index is 11.2. The molecule has 1 fully saturated rings. The van der Waals surface area contributed by atoms with Crippen LogP contribution in [-0.2, 0) is 7.05 Å². The van der Waals surface area contributed by atoms with Crippen molar-refractivity contribution in [1.29, 1.82) is 0 Å². The molecule has 1 saturated heterocycles. The summed E-state index contributed by atoms with van der Waals surface area (Å²) >= 11 is 0. The van der Waals surface area contributed by atoms with Crippen LogP contribution in [0.5, 0.6) is 0 Å². The molecule has 0 amide bonds. The van der Waals surface area contributed by atoms with E-state index in [1.165, 1.54) is 12.1 Å². The SMILES string of the molecule is Cn1ccnc1-c1nc(N2CCNCC2)nc2c1oc1ccc([N+](=O)[O-])cc12. The van der Waals surface area contributed by atoms with Gasteiger partial charge in [-0.2, -0.15) is 0 Å². The van der Waals surface area contributed by atoms with Gasteiger partial charge in [0.2, 0.25) is 5.95 Å². The maximum Gasteiger partial charge on any atom is 0.270 e. The first kappa shape index (κ1) is 16.6. The Labute approximate surface area is 159 Å². The Morgan fingerprint density at radius 1 is 1.25 bits per heavy atom. The lowest BCUT2D eigenvalue weighted by Crippen LogP contribution is -2.44. The average Bonchev–Trinajstić information content (AvgIpc) is 3.30. The van der Waals surface area contributed by atoms with Gasteiger partial charge >= 0.3 is 0 Å². The van der Waals surface area contributed by atoms with Gasteiger partial charge in [0.05, 0.1) is 10.3 Å². The number of aromatic nitrogens is 4. The molecule has 1 aromatic carbocycles. The van der Waals surface area contributed by atoms with Gasteiger partial charge in [-0.3, -0.25) is 10.1 Å². The summed E-state index contributed by atoms with van der Waals surface area (Å²) in [6.45, 7) is 3.25. The average molecular weight is 379 g/mol. The second-order valence-electron chi connectivity index (χ2n) is 6.69. The van der Waals surface area contributed by atoms with Gasteiger partial charge in [0, 0.05) is 57.8 Å². The summed E-state index contributed by atoms with van der Waals surface area (Å²) < 4.78 is 7.87. The van der Waals surface area contributed by atoms with E-state index in [-0.39, 0.29) is 5.69 Å². The van der Waals surface area contributed by atoms with Gasteiger partial charge in [-0.05, 0) is 6.07 Å². The van der Waals surface area contributed by atoms with Crippen LogP contribution < -0.4 is 10.2 Å². The number of benzene rings is 1. The van der Waals surface area contributed by atoms with Crippen LogP contribution in [0.1, 0.15) is 0 Å². The molecule has 10 heteroatoms. The molecular weight excluding hydrogens is 362 g/mol. The van der Waals surface area contributed by atoms with E-state index in [4.69, 9.17) is 14.4 Å². The largest absolute Gasteiger partial charge is 0.452 e. The smallest absolute Gasteiger partial charge is 0.270 e. The normalized spacial score (nSPS) is 14.8. The summed E-state index contributed by atoms with van der Waals surface area (Å²) in [6, 6.07) is 4.52. The molecule has 142 valence electrons. The zero-order valence-electron chi connectivity index (χ0n) is 15.1. The number of imidazole rings is 1. The Morgan fingerprint density at radius 2 is 2.07 bits per heavy atom. The van der Waals surface area contributed by atoms with Gasteiger partial charge in [-0.1, -0.05) is 0 Å². The number of furan rings is 1. The van der Waals surface area contributed by atoms with Crippen LogP contribution in [0.15, 0.2) is 35.0 Å². The summed E-state index contributed by atoms with van der Waals surface area (Å²) in [5.74, 6) is 1.22. The van der Waals surface area contributed by atoms with Crippen LogP contribution in [0.2, 0.25) is 0 Å². The number of hydrogen-bond acceptors (Lipinski definition) is 8. The predicted molar refractivity (Wildman–Crippen MR) is 103 cm³/mol. The van der Waals surface area contributed by atoms with Gasteiger partial charge < -0.3 is 19.2 Å². The number of nitrogens with zero attached hydrogens (tertiary/aromatic N) is 6. The van der Waals surface area contributed by atoms with Crippen molar-refractivity contribution in [3.05, 3.63) is 40.7 Å². The summed E-state index contributed by atoms with van der Waals surface area (Å²) in [4.78, 5) is 26.8. The molecule has 0 saturated carbocycles. The molecule has 3 aromatic heterocycles. The van der Waals surface area contributed by atoms with E-state index in [1.807, 2.05) is 17.8 Å². The fraction of sp³-hybridized carbons (Fsp3) is 0.278. The zero-order valence-corrected chi connectivity index (χ0v) is 15.1. The Kier molecular flexibility index (Phi) is 3.72. The number of fused-ring (bicyclic) bond motifs is 3. The first-order chi connectivity index (χ1) is 13.6. The van der Waals surface area contributed by atoms with Crippen molar-refractivity contribution in [1.82, 2.24) is 24.8 Å². The summed E-state index contributed by atoms with van der Waals surface area (Å²) in [6.07, 6.45) is 3.53. The highest BCUT2D eigenvalue weighted by Gasteiger charge is 2.23. The van der Waals surface area contributed by atoms with Crippen molar-refractivity contribution in [2.75, 3.05) is 31.1 Å². The fourth-order valence-electron chi connectivity index (χ4n) is 3.49. The topological polar surface area (TPSA) is 115 Å². The third-order valence-corrected chi connectivity index (χ3v) is 4.93. The van der Waals surface area contributed by atoms with Crippen molar-refractivity contribution in [2.24, 2.45) is 7.05 Å². The molecule has 1 aliphatic heterocycles. The number of nitrogens with one attached hydrogen (secondary N) is 1. The maximum absolute atomic E-state index is 11.2. The molecule has 0 bridgehead atoms. The van der Waals surface area contributed by atoms with Crippen LogP contribution in [0.3, 0.4) is 0 Å². The lowest BCUT2D eigenvalue weighted by molar-refractivity contribution is -0.384. The van der Waals surface area contributed by atoms with E-state index >= 15 is 0 Å². The summed E-state index contributed by atoms with van der Waals surface area (Å²) in [5, 5.41) is 15.1. The lowest BCUT2D eigenvalue weighted by Gasteiger charge is -2.27. The standard InChI is InChI=1S/C18H17N7O3/c1-23-7-6-20-17(23)15-16-14(21-18(22-15)24-8-4-19-5-9-24)12-10-11(25(26)27)2-3-13(12)28-16/h2-3,6-7,10,19H,4-5,8-9H2,1H3. The van der Waals surface area contributed by atoms with E-state index in [0.717, 1.165) is 26.2 Å². The number of non-ortho nitro benzene ring substituents is 1. The van der Waals surface area contributed by atoms with E-state index in [9.17, 15) is 10.1 Å². The summed E-state index contributed by atoms with van der Waals surface area (Å²) in [7, 11) is 1.88. The van der Waals surface area contributed by atoms with E-state index in [1.54, 1.807) is 12.3 Å². The number of nitro benzene ring substituents is 1. The van der Waals surface area contributed by atoms with E-state index < -0.39 is 4.92 Å². The van der Waals surface area contributed by atoms with Gasteiger partial charge in [-0.25, -0.2) is 15.0 Å². The Bertz CT molecular complexity index is 1210. The molecule has 10 nitrogen and oxygen atoms in total. The van der Waals surface area contributed by atoms with Crippen molar-refractivity contribution >= 4 is 33.7 Å². The molecular formula is C18H17N7O3. The van der Waals surface area contributed by atoms with E-state index in [2.05, 4.69) is 15.2 Å². The fourth-order valence-corrected chi connectivity index (χ4v) is 3.49. The van der Waals surface area contributed by atoms with E-state index in [0.29, 0.717) is 39.5 Å². The molecule has 0 unspecified atom stereocenters. The molecule has 0 spiro atoms. The number of nitro groups is 1. The second-order valence-corrected chi connectivity index (χ2v) is 6.69. The van der Waals surface area contributed by atoms with Gasteiger partial charge in [0.15, 0.2) is 17.1 Å². The molecule has 4 heterocycles. The van der Waals surface area contributed by atoms with Gasteiger partial charge in [0.25, 0.3) is 5.69 Å². The second kappa shape index (κ2) is 6.27. The van der Waals surface area contributed by atoms with Crippen LogP contribution >= 0.6 is 0 Å². The number of hydrogen-bond donors (Lipinski definition) is 1. The molecule has 4 aromatic rings. The Morgan fingerprint density at radius 3 is 2.79 bits per heavy atom.